The van der Waals surface area contributed by atoms with Crippen molar-refractivity contribution >= 4 is 17.6 Å². The van der Waals surface area contributed by atoms with E-state index in [1.165, 1.54) is 0 Å². The Bertz CT molecular complexity index is 472. The molecule has 0 saturated heterocycles. The maximum Gasteiger partial charge on any atom is 0.243 e. The zero-order valence-corrected chi connectivity index (χ0v) is 12.7. The second kappa shape index (κ2) is 9.52. The Kier molecular flexibility index (Phi) is 7.56. The predicted molar refractivity (Wildman–Crippen MR) is 86.3 cm³/mol. The fourth-order valence-corrected chi connectivity index (χ4v) is 1.76. The third-order valence-corrected chi connectivity index (χ3v) is 2.83. The summed E-state index contributed by atoms with van der Waals surface area (Å²) in [4.78, 5) is 21.9. The summed E-state index contributed by atoms with van der Waals surface area (Å²) in [7, 11) is 3.64. The van der Waals surface area contributed by atoms with E-state index in [1.54, 1.807) is 31.6 Å². The number of amides is 1. The number of nitrogens with zero attached hydrogens (tertiary/aromatic N) is 3. The number of aliphatic imine (C=N–C) groups is 1. The fourth-order valence-electron chi connectivity index (χ4n) is 1.76. The summed E-state index contributed by atoms with van der Waals surface area (Å²) < 4.78 is 0. The summed E-state index contributed by atoms with van der Waals surface area (Å²) in [5, 5.41) is 5.80. The lowest BCUT2D eigenvalue weighted by Gasteiger charge is -2.21. The molecule has 0 radical (unpaired) electrons. The molecule has 21 heavy (non-hydrogen) atoms. The standard InChI is InChI=1S/C15H23N5O/c1-4-5-6-10-20(3)15(16-2)18-12-14(21)19-13-8-7-9-17-11-13/h4,7-9,11H,1,5-6,10,12H2,2-3H3,(H,16,18)(H,19,21). The van der Waals surface area contributed by atoms with Gasteiger partial charge in [-0.05, 0) is 25.0 Å². The molecule has 0 saturated carbocycles. The Labute approximate surface area is 126 Å². The molecule has 0 unspecified atom stereocenters. The first-order valence-electron chi connectivity index (χ1n) is 6.90. The van der Waals surface area contributed by atoms with Crippen molar-refractivity contribution < 1.29 is 4.79 Å². The van der Waals surface area contributed by atoms with Crippen LogP contribution in [0.4, 0.5) is 5.69 Å². The Hall–Kier alpha value is -2.37. The van der Waals surface area contributed by atoms with Crippen molar-refractivity contribution in [2.75, 3.05) is 32.5 Å². The molecule has 1 heterocycles. The lowest BCUT2D eigenvalue weighted by molar-refractivity contribution is -0.115. The van der Waals surface area contributed by atoms with Gasteiger partial charge in [0.2, 0.25) is 5.91 Å². The molecule has 1 aromatic heterocycles. The lowest BCUT2D eigenvalue weighted by atomic mass is 10.3. The number of hydrogen-bond donors (Lipinski definition) is 2. The van der Waals surface area contributed by atoms with Crippen LogP contribution in [0.5, 0.6) is 0 Å². The molecular formula is C15H23N5O. The van der Waals surface area contributed by atoms with Crippen LogP contribution < -0.4 is 10.6 Å². The van der Waals surface area contributed by atoms with Gasteiger partial charge in [-0.2, -0.15) is 0 Å². The molecule has 1 aromatic rings. The predicted octanol–water partition coefficient (Wildman–Crippen LogP) is 1.49. The van der Waals surface area contributed by atoms with Gasteiger partial charge in [0.15, 0.2) is 5.96 Å². The first-order valence-corrected chi connectivity index (χ1v) is 6.90. The van der Waals surface area contributed by atoms with Crippen molar-refractivity contribution in [3.8, 4) is 0 Å². The monoisotopic (exact) mass is 289 g/mol. The molecule has 1 rings (SSSR count). The Morgan fingerprint density at radius 2 is 2.38 bits per heavy atom. The third-order valence-electron chi connectivity index (χ3n) is 2.83. The van der Waals surface area contributed by atoms with E-state index in [-0.39, 0.29) is 12.5 Å². The van der Waals surface area contributed by atoms with Crippen LogP contribution in [0.25, 0.3) is 0 Å². The van der Waals surface area contributed by atoms with Gasteiger partial charge in [0.25, 0.3) is 0 Å². The van der Waals surface area contributed by atoms with Gasteiger partial charge >= 0.3 is 0 Å². The second-order valence-corrected chi connectivity index (χ2v) is 4.54. The summed E-state index contributed by atoms with van der Waals surface area (Å²) in [6, 6.07) is 3.57. The van der Waals surface area contributed by atoms with Crippen LogP contribution in [0.3, 0.4) is 0 Å². The van der Waals surface area contributed by atoms with Crippen LogP contribution in [-0.4, -0.2) is 48.9 Å². The smallest absolute Gasteiger partial charge is 0.243 e. The van der Waals surface area contributed by atoms with Gasteiger partial charge in [0.1, 0.15) is 0 Å². The van der Waals surface area contributed by atoms with Crippen LogP contribution >= 0.6 is 0 Å². The zero-order chi connectivity index (χ0) is 15.5. The number of carbonyl (C=O) groups excluding carboxylic acids is 1. The van der Waals surface area contributed by atoms with Crippen LogP contribution in [0, 0.1) is 0 Å². The van der Waals surface area contributed by atoms with Crippen molar-refractivity contribution in [3.63, 3.8) is 0 Å². The summed E-state index contributed by atoms with van der Waals surface area (Å²) >= 11 is 0. The van der Waals surface area contributed by atoms with Crippen LogP contribution in [0.2, 0.25) is 0 Å². The van der Waals surface area contributed by atoms with Crippen LogP contribution in [0.1, 0.15) is 12.8 Å². The second-order valence-electron chi connectivity index (χ2n) is 4.54. The molecular weight excluding hydrogens is 266 g/mol. The van der Waals surface area contributed by atoms with Crippen molar-refractivity contribution in [2.24, 2.45) is 4.99 Å². The molecule has 1 amide bonds. The summed E-state index contributed by atoms with van der Waals surface area (Å²) in [5.74, 6) is 0.559. The number of hydrogen-bond acceptors (Lipinski definition) is 3. The summed E-state index contributed by atoms with van der Waals surface area (Å²) in [5.41, 5.74) is 0.679. The van der Waals surface area contributed by atoms with Gasteiger partial charge in [0.05, 0.1) is 18.4 Å². The number of aromatic nitrogens is 1. The van der Waals surface area contributed by atoms with E-state index in [9.17, 15) is 4.79 Å². The normalized spacial score (nSPS) is 10.9. The average Bonchev–Trinajstić information content (AvgIpc) is 2.49. The SMILES string of the molecule is C=CCCCN(C)C(=NC)NCC(=O)Nc1cccnc1. The highest BCUT2D eigenvalue weighted by Crippen LogP contribution is 2.01. The maximum absolute atomic E-state index is 11.8. The highest BCUT2D eigenvalue weighted by atomic mass is 16.1. The number of rotatable bonds is 7. The number of anilines is 1. The first kappa shape index (κ1) is 16.7. The number of allylic oxidation sites excluding steroid dienone is 1. The lowest BCUT2D eigenvalue weighted by Crippen LogP contribution is -2.42. The molecule has 0 aromatic carbocycles. The molecule has 0 aliphatic heterocycles. The van der Waals surface area contributed by atoms with Crippen LogP contribution in [0.15, 0.2) is 42.2 Å². The molecule has 6 heteroatoms. The van der Waals surface area contributed by atoms with Crippen molar-refractivity contribution in [2.45, 2.75) is 12.8 Å². The van der Waals surface area contributed by atoms with Crippen molar-refractivity contribution in [3.05, 3.63) is 37.2 Å². The molecule has 0 bridgehead atoms. The summed E-state index contributed by atoms with van der Waals surface area (Å²) in [6.45, 7) is 4.72. The van der Waals surface area contributed by atoms with E-state index in [0.717, 1.165) is 19.4 Å². The molecule has 2 N–H and O–H groups in total. The molecule has 0 atom stereocenters. The van der Waals surface area contributed by atoms with Gasteiger partial charge < -0.3 is 15.5 Å². The number of guanidine groups is 1. The molecule has 0 aliphatic rings. The van der Waals surface area contributed by atoms with Crippen molar-refractivity contribution in [1.82, 2.24) is 15.2 Å². The highest BCUT2D eigenvalue weighted by Gasteiger charge is 2.07. The molecule has 0 aliphatic carbocycles. The summed E-state index contributed by atoms with van der Waals surface area (Å²) in [6.07, 6.45) is 7.12. The number of unbranched alkanes of at least 4 members (excludes halogenated alkanes) is 1. The topological polar surface area (TPSA) is 69.6 Å². The van der Waals surface area contributed by atoms with E-state index < -0.39 is 0 Å². The van der Waals surface area contributed by atoms with E-state index >= 15 is 0 Å². The fraction of sp³-hybridized carbons (Fsp3) is 0.400. The van der Waals surface area contributed by atoms with E-state index in [0.29, 0.717) is 11.6 Å². The zero-order valence-electron chi connectivity index (χ0n) is 12.7. The Morgan fingerprint density at radius 1 is 1.57 bits per heavy atom. The quantitative estimate of drug-likeness (QED) is 0.345. The Balaban J connectivity index is 2.37. The molecule has 0 fully saturated rings. The van der Waals surface area contributed by atoms with E-state index in [1.807, 2.05) is 18.0 Å². The average molecular weight is 289 g/mol. The van der Waals surface area contributed by atoms with Gasteiger partial charge in [0, 0.05) is 26.8 Å². The van der Waals surface area contributed by atoms with Gasteiger partial charge in [-0.1, -0.05) is 6.08 Å². The van der Waals surface area contributed by atoms with E-state index in [2.05, 4.69) is 27.2 Å². The maximum atomic E-state index is 11.8. The molecule has 0 spiro atoms. The van der Waals surface area contributed by atoms with Gasteiger partial charge in [-0.25, -0.2) is 0 Å². The molecule has 6 nitrogen and oxygen atoms in total. The minimum Gasteiger partial charge on any atom is -0.347 e. The minimum atomic E-state index is -0.136. The van der Waals surface area contributed by atoms with Crippen molar-refractivity contribution in [1.29, 1.82) is 0 Å². The van der Waals surface area contributed by atoms with Crippen LogP contribution in [-0.2, 0) is 4.79 Å². The number of carbonyl (C=O) groups is 1. The Morgan fingerprint density at radius 3 is 3.00 bits per heavy atom. The number of nitrogens with one attached hydrogen (secondary N) is 2. The number of pyridine rings is 1. The highest BCUT2D eigenvalue weighted by molar-refractivity contribution is 5.94. The largest absolute Gasteiger partial charge is 0.347 e. The van der Waals surface area contributed by atoms with Gasteiger partial charge in [-0.15, -0.1) is 6.58 Å². The minimum absolute atomic E-state index is 0.136. The van der Waals surface area contributed by atoms with Gasteiger partial charge in [-0.3, -0.25) is 14.8 Å². The molecule has 114 valence electrons. The first-order chi connectivity index (χ1) is 10.2. The third kappa shape index (κ3) is 6.56. The van der Waals surface area contributed by atoms with E-state index in [4.69, 9.17) is 0 Å².